The predicted molar refractivity (Wildman–Crippen MR) is 74.3 cm³/mol. The van der Waals surface area contributed by atoms with Crippen molar-refractivity contribution in [1.29, 1.82) is 0 Å². The van der Waals surface area contributed by atoms with Crippen molar-refractivity contribution in [2.45, 2.75) is 45.1 Å². The number of esters is 1. The Kier molecular flexibility index (Phi) is 6.08. The molecular weight excluding hydrogens is 278 g/mol. The zero-order valence-corrected chi connectivity index (χ0v) is 12.1. The molecule has 116 valence electrons. The van der Waals surface area contributed by atoms with E-state index in [1.54, 1.807) is 0 Å². The predicted octanol–water partition coefficient (Wildman–Crippen LogP) is 1.42. The van der Waals surface area contributed by atoms with Gasteiger partial charge in [-0.2, -0.15) is 0 Å². The summed E-state index contributed by atoms with van der Waals surface area (Å²) in [6.07, 6.45) is 1.19. The number of ether oxygens (including phenoxy) is 1. The van der Waals surface area contributed by atoms with Gasteiger partial charge in [-0.05, 0) is 19.8 Å². The lowest BCUT2D eigenvalue weighted by Gasteiger charge is -2.18. The lowest BCUT2D eigenvalue weighted by Crippen LogP contribution is -2.25. The second kappa shape index (κ2) is 7.56. The fourth-order valence-corrected chi connectivity index (χ4v) is 2.02. The Hall–Kier alpha value is -2.18. The van der Waals surface area contributed by atoms with E-state index in [1.807, 2.05) is 0 Å². The first-order valence-electron chi connectivity index (χ1n) is 6.68. The van der Waals surface area contributed by atoms with E-state index < -0.39 is 18.0 Å². The first-order chi connectivity index (χ1) is 9.86. The van der Waals surface area contributed by atoms with Crippen molar-refractivity contribution in [3.05, 3.63) is 11.3 Å². The van der Waals surface area contributed by atoms with Crippen LogP contribution >= 0.6 is 0 Å². The van der Waals surface area contributed by atoms with E-state index in [0.717, 1.165) is 0 Å². The Balaban J connectivity index is 3.02. The number of Topliss-reactive ketones (excluding diaryl/α,β-unsaturated/α-hetero) is 1. The Morgan fingerprint density at radius 2 is 1.95 bits per heavy atom. The van der Waals surface area contributed by atoms with Crippen molar-refractivity contribution in [2.75, 3.05) is 7.11 Å². The van der Waals surface area contributed by atoms with E-state index in [0.29, 0.717) is 18.6 Å². The molecule has 2 N–H and O–H groups in total. The minimum atomic E-state index is -1.10. The normalized spacial score (nSPS) is 21.0. The van der Waals surface area contributed by atoms with Crippen LogP contribution in [0.1, 0.15) is 39.0 Å². The smallest absolute Gasteiger partial charge is 0.328 e. The number of rotatable bonds is 5. The van der Waals surface area contributed by atoms with E-state index in [1.165, 1.54) is 14.0 Å². The fraction of sp³-hybridized carbons (Fsp3) is 0.571. The highest BCUT2D eigenvalue weighted by molar-refractivity contribution is 6.24. The molecule has 0 aromatic rings. The zero-order chi connectivity index (χ0) is 16.0. The molecule has 1 saturated carbocycles. The van der Waals surface area contributed by atoms with Crippen LogP contribution in [0.3, 0.4) is 0 Å². The van der Waals surface area contributed by atoms with Crippen molar-refractivity contribution < 1.29 is 29.3 Å². The van der Waals surface area contributed by atoms with Crippen LogP contribution in [0.2, 0.25) is 0 Å². The topological polar surface area (TPSA) is 113 Å². The molecule has 7 heteroatoms. The van der Waals surface area contributed by atoms with E-state index in [-0.39, 0.29) is 36.4 Å². The zero-order valence-electron chi connectivity index (χ0n) is 12.1. The lowest BCUT2D eigenvalue weighted by atomic mass is 9.89. The molecule has 0 aromatic carbocycles. The van der Waals surface area contributed by atoms with E-state index >= 15 is 0 Å². The van der Waals surface area contributed by atoms with E-state index in [9.17, 15) is 19.5 Å². The maximum Gasteiger partial charge on any atom is 0.328 e. The van der Waals surface area contributed by atoms with Gasteiger partial charge in [0.2, 0.25) is 0 Å². The van der Waals surface area contributed by atoms with Crippen LogP contribution in [-0.2, 0) is 19.1 Å². The van der Waals surface area contributed by atoms with Gasteiger partial charge in [-0.3, -0.25) is 14.6 Å². The monoisotopic (exact) mass is 297 g/mol. The van der Waals surface area contributed by atoms with E-state index in [4.69, 9.17) is 5.11 Å². The summed E-state index contributed by atoms with van der Waals surface area (Å²) < 4.78 is 4.47. The quantitative estimate of drug-likeness (QED) is 0.450. The van der Waals surface area contributed by atoms with Gasteiger partial charge < -0.3 is 14.9 Å². The number of allylic oxidation sites excluding steroid dienone is 2. The molecule has 21 heavy (non-hydrogen) atoms. The van der Waals surface area contributed by atoms with Gasteiger partial charge in [0.05, 0.1) is 24.8 Å². The van der Waals surface area contributed by atoms with Crippen LogP contribution in [-0.4, -0.2) is 46.8 Å². The van der Waals surface area contributed by atoms with Gasteiger partial charge in [-0.25, -0.2) is 4.79 Å². The molecular formula is C14H19NO6. The fourth-order valence-electron chi connectivity index (χ4n) is 2.02. The number of methoxy groups -OCH3 is 1. The van der Waals surface area contributed by atoms with Crippen LogP contribution in [0.5, 0.6) is 0 Å². The molecule has 0 aromatic heterocycles. The number of carbonyl (C=O) groups is 3. The molecule has 0 radical (unpaired) electrons. The minimum Gasteiger partial charge on any atom is -0.511 e. The first-order valence-corrected chi connectivity index (χ1v) is 6.68. The number of aliphatic imine (C=N–C) groups is 1. The molecule has 1 aliphatic carbocycles. The number of aliphatic hydroxyl groups is 1. The first kappa shape index (κ1) is 16.9. The minimum absolute atomic E-state index is 0.0335. The van der Waals surface area contributed by atoms with Crippen LogP contribution < -0.4 is 0 Å². The number of carbonyl (C=O) groups excluding carboxylic acids is 2. The summed E-state index contributed by atoms with van der Waals surface area (Å²) in [6.45, 7) is 1.40. The van der Waals surface area contributed by atoms with Gasteiger partial charge in [-0.1, -0.05) is 0 Å². The van der Waals surface area contributed by atoms with Crippen LogP contribution in [0, 0.1) is 0 Å². The van der Waals surface area contributed by atoms with Crippen LogP contribution in [0.25, 0.3) is 0 Å². The third kappa shape index (κ3) is 4.70. The molecule has 1 fully saturated rings. The Bertz CT molecular complexity index is 506. The summed E-state index contributed by atoms with van der Waals surface area (Å²) in [6, 6.07) is -0.991. The van der Waals surface area contributed by atoms with Crippen LogP contribution in [0.15, 0.2) is 16.3 Å². The van der Waals surface area contributed by atoms with E-state index in [2.05, 4.69) is 9.73 Å². The number of hydrogen-bond acceptors (Lipinski definition) is 6. The van der Waals surface area contributed by atoms with Gasteiger partial charge >= 0.3 is 11.9 Å². The van der Waals surface area contributed by atoms with Crippen molar-refractivity contribution in [3.63, 3.8) is 0 Å². The number of carboxylic acid groups (broad SMARTS) is 1. The molecule has 0 amide bonds. The van der Waals surface area contributed by atoms with Crippen molar-refractivity contribution in [3.8, 4) is 0 Å². The Morgan fingerprint density at radius 3 is 2.52 bits per heavy atom. The van der Waals surface area contributed by atoms with Crippen molar-refractivity contribution in [1.82, 2.24) is 0 Å². The molecule has 1 aliphatic rings. The number of hydrogen-bond donors (Lipinski definition) is 2. The number of aliphatic hydroxyl groups excluding tert-OH is 1. The van der Waals surface area contributed by atoms with Crippen molar-refractivity contribution in [2.24, 2.45) is 4.99 Å². The number of nitrogens with zero attached hydrogens (tertiary/aromatic N) is 1. The summed E-state index contributed by atoms with van der Waals surface area (Å²) in [4.78, 5) is 37.9. The van der Waals surface area contributed by atoms with Gasteiger partial charge in [0.25, 0.3) is 0 Å². The second-order valence-corrected chi connectivity index (χ2v) is 4.76. The summed E-state index contributed by atoms with van der Waals surface area (Å²) in [5, 5.41) is 18.9. The van der Waals surface area contributed by atoms with Crippen LogP contribution in [0.4, 0.5) is 0 Å². The Labute approximate surface area is 122 Å². The summed E-state index contributed by atoms with van der Waals surface area (Å²) in [5.74, 6) is -2.11. The average molecular weight is 297 g/mol. The summed E-state index contributed by atoms with van der Waals surface area (Å²) in [5.41, 5.74) is 0.349. The molecule has 1 rings (SSSR count). The summed E-state index contributed by atoms with van der Waals surface area (Å²) in [7, 11) is 1.24. The lowest BCUT2D eigenvalue weighted by molar-refractivity contribution is -0.141. The number of aliphatic carboxylic acids is 1. The standard InChI is InChI=1S/C14H19NO6/c1-8(14(19)20)15-9-4-3-5-10(16)13(9)11(17)6-7-12(18)21-2/h8,17H,3-7H2,1-2H3,(H,19,20). The molecule has 0 aliphatic heterocycles. The second-order valence-electron chi connectivity index (χ2n) is 4.76. The highest BCUT2D eigenvalue weighted by atomic mass is 16.5. The van der Waals surface area contributed by atoms with Gasteiger partial charge in [-0.15, -0.1) is 0 Å². The molecule has 1 unspecified atom stereocenters. The highest BCUT2D eigenvalue weighted by Crippen LogP contribution is 2.23. The number of ketones is 1. The van der Waals surface area contributed by atoms with Gasteiger partial charge in [0, 0.05) is 12.8 Å². The third-order valence-corrected chi connectivity index (χ3v) is 3.17. The maximum atomic E-state index is 11.9. The molecule has 0 spiro atoms. The van der Waals surface area contributed by atoms with Crippen molar-refractivity contribution >= 4 is 23.4 Å². The summed E-state index contributed by atoms with van der Waals surface area (Å²) >= 11 is 0. The SMILES string of the molecule is COC(=O)CCC(O)=C1C(=O)CCCC1=NC(C)C(=O)O. The molecule has 1 atom stereocenters. The third-order valence-electron chi connectivity index (χ3n) is 3.17. The number of carboxylic acids is 1. The van der Waals surface area contributed by atoms with Gasteiger partial charge in [0.15, 0.2) is 5.78 Å². The molecule has 7 nitrogen and oxygen atoms in total. The molecule has 0 heterocycles. The Morgan fingerprint density at radius 1 is 1.29 bits per heavy atom. The molecule has 0 saturated heterocycles. The molecule has 0 bridgehead atoms. The maximum absolute atomic E-state index is 11.9. The largest absolute Gasteiger partial charge is 0.511 e. The van der Waals surface area contributed by atoms with Gasteiger partial charge in [0.1, 0.15) is 11.8 Å². The highest BCUT2D eigenvalue weighted by Gasteiger charge is 2.26. The average Bonchev–Trinajstić information content (AvgIpc) is 2.44.